The van der Waals surface area contributed by atoms with Crippen molar-refractivity contribution in [1.82, 2.24) is 23.6 Å². The van der Waals surface area contributed by atoms with E-state index in [9.17, 15) is 13.2 Å². The molecule has 0 bridgehead atoms. The Morgan fingerprint density at radius 2 is 1.80 bits per heavy atom. The molecule has 0 aliphatic heterocycles. The first-order valence-corrected chi connectivity index (χ1v) is 15.2. The monoisotopic (exact) mass is 572 g/mol. The van der Waals surface area contributed by atoms with Crippen LogP contribution in [0.25, 0.3) is 16.8 Å². The third kappa shape index (κ3) is 5.17. The van der Waals surface area contributed by atoms with Gasteiger partial charge in [-0.3, -0.25) is 9.72 Å². The molecule has 2 aromatic carbocycles. The van der Waals surface area contributed by atoms with Crippen molar-refractivity contribution in [3.8, 4) is 0 Å². The maximum absolute atomic E-state index is 13.5. The Kier molecular flexibility index (Phi) is 6.98. The smallest absolute Gasteiger partial charge is 0.411 e. The van der Waals surface area contributed by atoms with Crippen molar-refractivity contribution in [2.24, 2.45) is 11.8 Å². The van der Waals surface area contributed by atoms with Gasteiger partial charge in [0.25, 0.3) is 10.0 Å². The van der Waals surface area contributed by atoms with E-state index in [-0.39, 0.29) is 22.8 Å². The van der Waals surface area contributed by atoms with Crippen LogP contribution in [0.15, 0.2) is 78.0 Å². The van der Waals surface area contributed by atoms with Crippen LogP contribution >= 0.6 is 0 Å². The Morgan fingerprint density at radius 3 is 2.54 bits per heavy atom. The van der Waals surface area contributed by atoms with Gasteiger partial charge in [-0.05, 0) is 68.4 Å². The highest BCUT2D eigenvalue weighted by molar-refractivity contribution is 7.90. The summed E-state index contributed by atoms with van der Waals surface area (Å²) < 4.78 is 36.0. The van der Waals surface area contributed by atoms with Crippen molar-refractivity contribution in [3.05, 3.63) is 84.4 Å². The highest BCUT2D eigenvalue weighted by Crippen LogP contribution is 2.44. The van der Waals surface area contributed by atoms with Crippen LogP contribution in [-0.2, 0) is 14.8 Å². The molecule has 1 fully saturated rings. The van der Waals surface area contributed by atoms with Crippen LogP contribution < -0.4 is 5.32 Å². The van der Waals surface area contributed by atoms with Crippen LogP contribution in [0, 0.1) is 18.8 Å². The number of aromatic nitrogens is 5. The summed E-state index contributed by atoms with van der Waals surface area (Å²) in [5.41, 5.74) is 3.09. The van der Waals surface area contributed by atoms with Crippen LogP contribution in [0.4, 0.5) is 10.5 Å². The fourth-order valence-electron chi connectivity index (χ4n) is 5.88. The highest BCUT2D eigenvalue weighted by atomic mass is 32.2. The minimum Gasteiger partial charge on any atom is -0.446 e. The number of amides is 1. The fourth-order valence-corrected chi connectivity index (χ4v) is 7.18. The molecule has 3 aromatic heterocycles. The number of hydrogen-bond donors (Lipinski definition) is 1. The lowest BCUT2D eigenvalue weighted by Crippen LogP contribution is -2.20. The fraction of sp³-hybridized carbons (Fsp3) is 0.333. The molecular weight excluding hydrogens is 540 g/mol. The summed E-state index contributed by atoms with van der Waals surface area (Å²) in [4.78, 5) is 17.3. The molecule has 11 heteroatoms. The molecule has 3 heterocycles. The molecule has 0 unspecified atom stereocenters. The average molecular weight is 573 g/mol. The summed E-state index contributed by atoms with van der Waals surface area (Å²) in [5, 5.41) is 11.7. The first kappa shape index (κ1) is 26.9. The molecule has 0 saturated heterocycles. The zero-order chi connectivity index (χ0) is 28.7. The maximum atomic E-state index is 13.5. The number of carbonyl (C=O) groups excluding carboxylic acids is 1. The predicted molar refractivity (Wildman–Crippen MR) is 155 cm³/mol. The van der Waals surface area contributed by atoms with Gasteiger partial charge in [0.2, 0.25) is 0 Å². The van der Waals surface area contributed by atoms with Crippen molar-refractivity contribution in [2.75, 3.05) is 5.32 Å². The second-order valence-corrected chi connectivity index (χ2v) is 12.9. The van der Waals surface area contributed by atoms with E-state index in [1.165, 1.54) is 10.2 Å². The molecule has 1 aliphatic carbocycles. The van der Waals surface area contributed by atoms with Gasteiger partial charge < -0.3 is 4.74 Å². The largest absolute Gasteiger partial charge is 0.446 e. The van der Waals surface area contributed by atoms with Crippen LogP contribution in [0.1, 0.15) is 50.4 Å². The Bertz CT molecular complexity index is 1810. The van der Waals surface area contributed by atoms with E-state index in [1.54, 1.807) is 36.5 Å². The molecule has 41 heavy (non-hydrogen) atoms. The molecule has 1 aliphatic rings. The average Bonchev–Trinajstić information content (AvgIpc) is 3.65. The SMILES string of the molecule is Cc1ccc(S(=O)(=O)n2ccc3c2ncc2nnc([C@H]4C[C@@H](OC(=O)Nc5ccccc5)C[C@H]4CC(C)C)n23)cc1. The maximum Gasteiger partial charge on any atom is 0.411 e. The van der Waals surface area contributed by atoms with E-state index >= 15 is 0 Å². The molecule has 212 valence electrons. The Morgan fingerprint density at radius 1 is 1.05 bits per heavy atom. The molecule has 3 atom stereocenters. The number of para-hydroxylation sites is 1. The van der Waals surface area contributed by atoms with E-state index in [0.717, 1.165) is 17.8 Å². The summed E-state index contributed by atoms with van der Waals surface area (Å²) in [7, 11) is -3.86. The molecule has 1 saturated carbocycles. The molecule has 1 N–H and O–H groups in total. The van der Waals surface area contributed by atoms with Gasteiger partial charge in [-0.1, -0.05) is 49.7 Å². The van der Waals surface area contributed by atoms with Crippen molar-refractivity contribution >= 4 is 38.6 Å². The third-order valence-electron chi connectivity index (χ3n) is 7.69. The molecule has 0 spiro atoms. The lowest BCUT2D eigenvalue weighted by atomic mass is 9.87. The lowest BCUT2D eigenvalue weighted by Gasteiger charge is -2.19. The lowest BCUT2D eigenvalue weighted by molar-refractivity contribution is 0.111. The molecule has 5 aromatic rings. The number of ether oxygens (including phenoxy) is 1. The summed E-state index contributed by atoms with van der Waals surface area (Å²) in [6, 6.07) is 17.7. The number of anilines is 1. The minimum atomic E-state index is -3.86. The predicted octanol–water partition coefficient (Wildman–Crippen LogP) is 5.78. The van der Waals surface area contributed by atoms with Gasteiger partial charge in [0.1, 0.15) is 11.9 Å². The summed E-state index contributed by atoms with van der Waals surface area (Å²) in [6.07, 6.45) is 4.52. The number of nitrogens with one attached hydrogen (secondary N) is 1. The van der Waals surface area contributed by atoms with Crippen molar-refractivity contribution < 1.29 is 17.9 Å². The third-order valence-corrected chi connectivity index (χ3v) is 9.37. The first-order chi connectivity index (χ1) is 19.7. The highest BCUT2D eigenvalue weighted by Gasteiger charge is 2.40. The normalized spacial score (nSPS) is 19.3. The quantitative estimate of drug-likeness (QED) is 0.262. The van der Waals surface area contributed by atoms with Gasteiger partial charge in [-0.15, -0.1) is 10.2 Å². The van der Waals surface area contributed by atoms with Crippen LogP contribution in [0.3, 0.4) is 0 Å². The van der Waals surface area contributed by atoms with Crippen molar-refractivity contribution in [2.45, 2.75) is 57.0 Å². The van der Waals surface area contributed by atoms with E-state index < -0.39 is 16.1 Å². The van der Waals surface area contributed by atoms with Crippen molar-refractivity contribution in [1.29, 1.82) is 0 Å². The number of nitrogens with zero attached hydrogens (tertiary/aromatic N) is 5. The molecule has 0 radical (unpaired) electrons. The Labute approximate surface area is 238 Å². The molecule has 6 rings (SSSR count). The topological polar surface area (TPSA) is 120 Å². The van der Waals surface area contributed by atoms with E-state index in [4.69, 9.17) is 4.74 Å². The number of rotatable bonds is 7. The van der Waals surface area contributed by atoms with Crippen molar-refractivity contribution in [3.63, 3.8) is 0 Å². The van der Waals surface area contributed by atoms with Crippen LogP contribution in [0.5, 0.6) is 0 Å². The summed E-state index contributed by atoms with van der Waals surface area (Å²) in [5.74, 6) is 1.32. The first-order valence-electron chi connectivity index (χ1n) is 13.8. The van der Waals surface area contributed by atoms with Gasteiger partial charge in [0.05, 0.1) is 16.6 Å². The summed E-state index contributed by atoms with van der Waals surface area (Å²) >= 11 is 0. The molecule has 1 amide bonds. The van der Waals surface area contributed by atoms with Gasteiger partial charge in [-0.25, -0.2) is 22.2 Å². The zero-order valence-corrected chi connectivity index (χ0v) is 24.0. The summed E-state index contributed by atoms with van der Waals surface area (Å²) in [6.45, 7) is 6.26. The number of aryl methyl sites for hydroxylation is 1. The van der Waals surface area contributed by atoms with Gasteiger partial charge >= 0.3 is 6.09 Å². The van der Waals surface area contributed by atoms with E-state index in [1.807, 2.05) is 41.7 Å². The van der Waals surface area contributed by atoms with Gasteiger partial charge in [-0.2, -0.15) is 0 Å². The van der Waals surface area contributed by atoms with E-state index in [2.05, 4.69) is 34.3 Å². The standard InChI is InChI=1S/C30H32N6O4S/c1-19(2)15-21-16-23(40-30(37)32-22-7-5-4-6-8-22)17-25(21)28-34-33-27-18-31-29-26(36(27)28)13-14-35(29)41(38,39)24-11-9-20(3)10-12-24/h4-14,18-19,21,23,25H,15-17H2,1-3H3,(H,32,37)/t21-,23+,25+/m1/s1. The van der Waals surface area contributed by atoms with Gasteiger partial charge in [0.15, 0.2) is 11.3 Å². The van der Waals surface area contributed by atoms with E-state index in [0.29, 0.717) is 41.3 Å². The van der Waals surface area contributed by atoms with Crippen LogP contribution in [0.2, 0.25) is 0 Å². The zero-order valence-electron chi connectivity index (χ0n) is 23.1. The Hall–Kier alpha value is -4.25. The minimum absolute atomic E-state index is 0.0374. The number of fused-ring (bicyclic) bond motifs is 3. The number of carbonyl (C=O) groups is 1. The molecular formula is C30H32N6O4S. The second-order valence-electron chi connectivity index (χ2n) is 11.1. The number of hydrogen-bond acceptors (Lipinski definition) is 7. The second kappa shape index (κ2) is 10.6. The Balaban J connectivity index is 1.34. The number of benzene rings is 2. The molecule has 10 nitrogen and oxygen atoms in total. The van der Waals surface area contributed by atoms with Crippen LogP contribution in [-0.4, -0.2) is 44.2 Å². The van der Waals surface area contributed by atoms with Gasteiger partial charge in [0, 0.05) is 17.8 Å².